The smallest absolute Gasteiger partial charge is 0.384 e. The standard InChI is InChI=1S/C15H17F3N2O/c16-15(17,18)12-2-1-7-20(9-12)14(21)11-3-4-13-10(8-11)5-6-19-13/h3-4,8,12,19H,1-2,5-7,9H2. The van der Waals surface area contributed by atoms with Crippen LogP contribution < -0.4 is 5.32 Å². The number of fused-ring (bicyclic) bond motifs is 1. The first-order valence-corrected chi connectivity index (χ1v) is 7.18. The zero-order valence-corrected chi connectivity index (χ0v) is 11.5. The van der Waals surface area contributed by atoms with Gasteiger partial charge in [0, 0.05) is 30.9 Å². The van der Waals surface area contributed by atoms with Crippen molar-refractivity contribution in [2.45, 2.75) is 25.4 Å². The Morgan fingerprint density at radius 3 is 2.90 bits per heavy atom. The van der Waals surface area contributed by atoms with Crippen molar-refractivity contribution in [2.75, 3.05) is 25.0 Å². The first-order chi connectivity index (χ1) is 9.95. The summed E-state index contributed by atoms with van der Waals surface area (Å²) in [6.07, 6.45) is -2.85. The SMILES string of the molecule is O=C(c1ccc2c(c1)CCN2)N1CCCC(C(F)(F)F)C1. The van der Waals surface area contributed by atoms with Crippen LogP contribution in [-0.2, 0) is 6.42 Å². The van der Waals surface area contributed by atoms with E-state index in [1.54, 1.807) is 12.1 Å². The van der Waals surface area contributed by atoms with Crippen molar-refractivity contribution < 1.29 is 18.0 Å². The monoisotopic (exact) mass is 298 g/mol. The molecule has 3 rings (SSSR count). The number of rotatable bonds is 1. The lowest BCUT2D eigenvalue weighted by Crippen LogP contribution is -2.44. The van der Waals surface area contributed by atoms with E-state index in [0.29, 0.717) is 18.5 Å². The molecule has 0 aromatic heterocycles. The molecule has 1 aromatic carbocycles. The number of benzene rings is 1. The molecule has 1 unspecified atom stereocenters. The van der Waals surface area contributed by atoms with E-state index in [1.807, 2.05) is 6.07 Å². The summed E-state index contributed by atoms with van der Waals surface area (Å²) in [6, 6.07) is 5.33. The molecule has 2 aliphatic heterocycles. The average molecular weight is 298 g/mol. The van der Waals surface area contributed by atoms with Gasteiger partial charge in [-0.15, -0.1) is 0 Å². The quantitative estimate of drug-likeness (QED) is 0.864. The molecule has 2 heterocycles. The summed E-state index contributed by atoms with van der Waals surface area (Å²) in [5.41, 5.74) is 2.56. The van der Waals surface area contributed by atoms with Crippen LogP contribution in [0.3, 0.4) is 0 Å². The van der Waals surface area contributed by atoms with Gasteiger partial charge in [0.05, 0.1) is 5.92 Å². The van der Waals surface area contributed by atoms with Gasteiger partial charge in [-0.25, -0.2) is 0 Å². The molecule has 1 aromatic rings. The topological polar surface area (TPSA) is 32.3 Å². The largest absolute Gasteiger partial charge is 0.393 e. The molecule has 1 saturated heterocycles. The van der Waals surface area contributed by atoms with E-state index in [2.05, 4.69) is 5.32 Å². The number of nitrogens with one attached hydrogen (secondary N) is 1. The van der Waals surface area contributed by atoms with Gasteiger partial charge >= 0.3 is 6.18 Å². The molecule has 6 heteroatoms. The van der Waals surface area contributed by atoms with E-state index in [1.165, 1.54) is 4.90 Å². The molecule has 2 aliphatic rings. The Morgan fingerprint density at radius 1 is 1.33 bits per heavy atom. The summed E-state index contributed by atoms with van der Waals surface area (Å²) in [5.74, 6) is -1.69. The highest BCUT2D eigenvalue weighted by Gasteiger charge is 2.42. The van der Waals surface area contributed by atoms with Crippen molar-refractivity contribution in [2.24, 2.45) is 5.92 Å². The number of hydrogen-bond acceptors (Lipinski definition) is 2. The number of likely N-dealkylation sites (tertiary alicyclic amines) is 1. The van der Waals surface area contributed by atoms with E-state index >= 15 is 0 Å². The highest BCUT2D eigenvalue weighted by atomic mass is 19.4. The Labute approximate surface area is 121 Å². The van der Waals surface area contributed by atoms with Crippen LogP contribution in [-0.4, -0.2) is 36.6 Å². The van der Waals surface area contributed by atoms with Crippen LogP contribution in [0.5, 0.6) is 0 Å². The minimum absolute atomic E-state index is 0.112. The van der Waals surface area contributed by atoms with Crippen LogP contribution in [0.25, 0.3) is 0 Å². The first-order valence-electron chi connectivity index (χ1n) is 7.18. The Bertz CT molecular complexity index is 556. The van der Waals surface area contributed by atoms with Crippen LogP contribution in [0.4, 0.5) is 18.9 Å². The normalized spacial score (nSPS) is 21.9. The van der Waals surface area contributed by atoms with Crippen LogP contribution >= 0.6 is 0 Å². The molecule has 1 N–H and O–H groups in total. The second-order valence-electron chi connectivity index (χ2n) is 5.68. The fourth-order valence-electron chi connectivity index (χ4n) is 3.05. The van der Waals surface area contributed by atoms with Crippen molar-refractivity contribution in [3.05, 3.63) is 29.3 Å². The number of carbonyl (C=O) groups is 1. The van der Waals surface area contributed by atoms with Gasteiger partial charge in [-0.3, -0.25) is 4.79 Å². The highest BCUT2D eigenvalue weighted by molar-refractivity contribution is 5.95. The number of nitrogens with zero attached hydrogens (tertiary/aromatic N) is 1. The van der Waals surface area contributed by atoms with Gasteiger partial charge in [0.1, 0.15) is 0 Å². The van der Waals surface area contributed by atoms with Crippen LogP contribution in [0.1, 0.15) is 28.8 Å². The van der Waals surface area contributed by atoms with Crippen molar-refractivity contribution in [1.29, 1.82) is 0 Å². The summed E-state index contributed by atoms with van der Waals surface area (Å²) >= 11 is 0. The average Bonchev–Trinajstić information content (AvgIpc) is 2.93. The highest BCUT2D eigenvalue weighted by Crippen LogP contribution is 2.33. The molecule has 1 atom stereocenters. The van der Waals surface area contributed by atoms with Gasteiger partial charge in [0.2, 0.25) is 0 Å². The summed E-state index contributed by atoms with van der Waals surface area (Å²) in [6.45, 7) is 1.02. The summed E-state index contributed by atoms with van der Waals surface area (Å²) in [5, 5.41) is 3.20. The predicted octanol–water partition coefficient (Wildman–Crippen LogP) is 3.07. The zero-order valence-electron chi connectivity index (χ0n) is 11.5. The van der Waals surface area contributed by atoms with Gasteiger partial charge in [0.25, 0.3) is 5.91 Å². The maximum Gasteiger partial charge on any atom is 0.393 e. The molecule has 0 bridgehead atoms. The molecule has 1 fully saturated rings. The number of alkyl halides is 3. The number of anilines is 1. The molecule has 114 valence electrons. The van der Waals surface area contributed by atoms with Gasteiger partial charge in [0.15, 0.2) is 0 Å². The second kappa shape index (κ2) is 5.24. The minimum atomic E-state index is -4.22. The van der Waals surface area contributed by atoms with Crippen molar-refractivity contribution >= 4 is 11.6 Å². The third-order valence-corrected chi connectivity index (χ3v) is 4.23. The lowest BCUT2D eigenvalue weighted by molar-refractivity contribution is -0.184. The Kier molecular flexibility index (Phi) is 3.55. The predicted molar refractivity (Wildman–Crippen MR) is 73.3 cm³/mol. The Balaban J connectivity index is 1.75. The van der Waals surface area contributed by atoms with E-state index in [-0.39, 0.29) is 18.9 Å². The maximum absolute atomic E-state index is 12.8. The summed E-state index contributed by atoms with van der Waals surface area (Å²) in [4.78, 5) is 13.7. The molecule has 21 heavy (non-hydrogen) atoms. The summed E-state index contributed by atoms with van der Waals surface area (Å²) in [7, 11) is 0. The number of carbonyl (C=O) groups excluding carboxylic acids is 1. The Morgan fingerprint density at radius 2 is 2.14 bits per heavy atom. The van der Waals surface area contributed by atoms with Crippen molar-refractivity contribution in [3.8, 4) is 0 Å². The molecule has 1 amide bonds. The molecule has 0 aliphatic carbocycles. The van der Waals surface area contributed by atoms with Crippen molar-refractivity contribution in [3.63, 3.8) is 0 Å². The maximum atomic E-state index is 12.8. The van der Waals surface area contributed by atoms with Crippen LogP contribution in [0.2, 0.25) is 0 Å². The lowest BCUT2D eigenvalue weighted by Gasteiger charge is -2.33. The molecule has 0 saturated carbocycles. The fraction of sp³-hybridized carbons (Fsp3) is 0.533. The third-order valence-electron chi connectivity index (χ3n) is 4.23. The molecule has 3 nitrogen and oxygen atoms in total. The molecular formula is C15H17F3N2O. The number of halogens is 3. The van der Waals surface area contributed by atoms with Crippen LogP contribution in [0.15, 0.2) is 18.2 Å². The number of hydrogen-bond donors (Lipinski definition) is 1. The minimum Gasteiger partial charge on any atom is -0.384 e. The third kappa shape index (κ3) is 2.84. The molecule has 0 spiro atoms. The summed E-state index contributed by atoms with van der Waals surface area (Å²) < 4.78 is 38.4. The second-order valence-corrected chi connectivity index (χ2v) is 5.68. The number of piperidine rings is 1. The van der Waals surface area contributed by atoms with E-state index in [0.717, 1.165) is 24.2 Å². The lowest BCUT2D eigenvalue weighted by atomic mass is 9.96. The fourth-order valence-corrected chi connectivity index (χ4v) is 3.05. The van der Waals surface area contributed by atoms with Gasteiger partial charge < -0.3 is 10.2 Å². The molecule has 0 radical (unpaired) electrons. The van der Waals surface area contributed by atoms with Gasteiger partial charge in [-0.2, -0.15) is 13.2 Å². The van der Waals surface area contributed by atoms with E-state index < -0.39 is 12.1 Å². The van der Waals surface area contributed by atoms with Crippen LogP contribution in [0, 0.1) is 5.92 Å². The van der Waals surface area contributed by atoms with E-state index in [9.17, 15) is 18.0 Å². The Hall–Kier alpha value is -1.72. The zero-order chi connectivity index (χ0) is 15.0. The van der Waals surface area contributed by atoms with Crippen molar-refractivity contribution in [1.82, 2.24) is 4.90 Å². The number of amides is 1. The van der Waals surface area contributed by atoms with Gasteiger partial charge in [-0.05, 0) is 43.0 Å². The molecular weight excluding hydrogens is 281 g/mol. The first kappa shape index (κ1) is 14.2. The van der Waals surface area contributed by atoms with Gasteiger partial charge in [-0.1, -0.05) is 0 Å². The van der Waals surface area contributed by atoms with E-state index in [4.69, 9.17) is 0 Å².